The summed E-state index contributed by atoms with van der Waals surface area (Å²) in [7, 11) is 0. The average Bonchev–Trinajstić information content (AvgIpc) is 2.70. The van der Waals surface area contributed by atoms with Crippen molar-refractivity contribution in [3.63, 3.8) is 0 Å². The highest BCUT2D eigenvalue weighted by molar-refractivity contribution is 5.83. The van der Waals surface area contributed by atoms with E-state index in [9.17, 15) is 5.26 Å². The summed E-state index contributed by atoms with van der Waals surface area (Å²) in [5, 5.41) is 9.31. The number of imidazole rings is 1. The second kappa shape index (κ2) is 4.21. The number of aromatic nitrogens is 2. The quantitative estimate of drug-likeness (QED) is 0.850. The van der Waals surface area contributed by atoms with Gasteiger partial charge in [-0.15, -0.1) is 0 Å². The second-order valence-corrected chi connectivity index (χ2v) is 4.97. The lowest BCUT2D eigenvalue weighted by Gasteiger charge is -2.07. The van der Waals surface area contributed by atoms with Crippen LogP contribution in [0.4, 0.5) is 0 Å². The fourth-order valence-corrected chi connectivity index (χ4v) is 1.98. The summed E-state index contributed by atoms with van der Waals surface area (Å²) in [6.07, 6.45) is 0. The van der Waals surface area contributed by atoms with Gasteiger partial charge in [-0.3, -0.25) is 0 Å². The van der Waals surface area contributed by atoms with Gasteiger partial charge in [0.15, 0.2) is 0 Å². The van der Waals surface area contributed by atoms with Gasteiger partial charge in [-0.05, 0) is 17.5 Å². The lowest BCUT2D eigenvalue weighted by molar-refractivity contribution is 0.799. The molecule has 0 aliphatic rings. The van der Waals surface area contributed by atoms with Crippen molar-refractivity contribution < 1.29 is 0 Å². The maximum atomic E-state index is 9.31. The third-order valence-corrected chi connectivity index (χ3v) is 2.99. The third kappa shape index (κ3) is 1.91. The predicted octanol–water partition coefficient (Wildman–Crippen LogP) is 3.68. The Hall–Kier alpha value is -1.82. The fourth-order valence-electron chi connectivity index (χ4n) is 1.98. The molecule has 1 aromatic carbocycles. The Morgan fingerprint density at radius 1 is 1.18 bits per heavy atom. The van der Waals surface area contributed by atoms with Crippen molar-refractivity contribution in [3.8, 4) is 6.07 Å². The molecule has 0 spiro atoms. The van der Waals surface area contributed by atoms with Crippen LogP contribution < -0.4 is 0 Å². The Labute approximate surface area is 101 Å². The molecular formula is C14H17N3. The number of hydrogen-bond acceptors (Lipinski definition) is 2. The summed E-state index contributed by atoms with van der Waals surface area (Å²) >= 11 is 0. The van der Waals surface area contributed by atoms with Gasteiger partial charge in [0.05, 0.1) is 11.1 Å². The number of fused-ring (bicyclic) bond motifs is 1. The van der Waals surface area contributed by atoms with E-state index >= 15 is 0 Å². The predicted molar refractivity (Wildman–Crippen MR) is 69.0 cm³/mol. The molecule has 1 N–H and O–H groups in total. The van der Waals surface area contributed by atoms with Crippen LogP contribution in [0.5, 0.6) is 0 Å². The zero-order valence-electron chi connectivity index (χ0n) is 10.7. The van der Waals surface area contributed by atoms with Crippen LogP contribution in [0.1, 0.15) is 56.5 Å². The number of nitriles is 1. The molecule has 0 saturated heterocycles. The molecule has 2 rings (SSSR count). The highest BCUT2D eigenvalue weighted by Gasteiger charge is 2.14. The molecule has 2 aromatic rings. The monoisotopic (exact) mass is 227 g/mol. The van der Waals surface area contributed by atoms with Gasteiger partial charge in [0.2, 0.25) is 0 Å². The standard InChI is InChI=1S/C14H17N3/c1-8(2)10-5-6-12-13(11(10)7-15)17-14(16-12)9(3)4/h5-6,8-9H,1-4H3,(H,16,17). The number of nitrogens with zero attached hydrogens (tertiary/aromatic N) is 2. The van der Waals surface area contributed by atoms with Crippen molar-refractivity contribution in [2.24, 2.45) is 0 Å². The molecule has 17 heavy (non-hydrogen) atoms. The number of H-pyrrole nitrogens is 1. The van der Waals surface area contributed by atoms with Crippen LogP contribution >= 0.6 is 0 Å². The van der Waals surface area contributed by atoms with E-state index in [0.29, 0.717) is 17.4 Å². The molecule has 0 aliphatic carbocycles. The highest BCUT2D eigenvalue weighted by atomic mass is 14.9. The fraction of sp³-hybridized carbons (Fsp3) is 0.429. The maximum Gasteiger partial charge on any atom is 0.109 e. The Kier molecular flexibility index (Phi) is 2.89. The molecule has 0 saturated carbocycles. The lowest BCUT2D eigenvalue weighted by Crippen LogP contribution is -1.93. The summed E-state index contributed by atoms with van der Waals surface area (Å²) in [4.78, 5) is 7.82. The molecule has 0 radical (unpaired) electrons. The van der Waals surface area contributed by atoms with E-state index in [1.165, 1.54) is 0 Å². The van der Waals surface area contributed by atoms with Gasteiger partial charge in [-0.25, -0.2) is 4.98 Å². The normalized spacial score (nSPS) is 11.4. The van der Waals surface area contributed by atoms with E-state index in [4.69, 9.17) is 0 Å². The SMILES string of the molecule is CC(C)c1nc2c(C#N)c(C(C)C)ccc2[nH]1. The van der Waals surface area contributed by atoms with E-state index in [-0.39, 0.29) is 0 Å². The Morgan fingerprint density at radius 2 is 1.88 bits per heavy atom. The molecule has 0 amide bonds. The van der Waals surface area contributed by atoms with Crippen molar-refractivity contribution in [1.82, 2.24) is 9.97 Å². The molecule has 1 aromatic heterocycles. The second-order valence-electron chi connectivity index (χ2n) is 4.97. The number of hydrogen-bond donors (Lipinski definition) is 1. The van der Waals surface area contributed by atoms with Gasteiger partial charge >= 0.3 is 0 Å². The summed E-state index contributed by atoms with van der Waals surface area (Å²) in [5.74, 6) is 1.63. The summed E-state index contributed by atoms with van der Waals surface area (Å²) in [6, 6.07) is 6.33. The van der Waals surface area contributed by atoms with Crippen LogP contribution in [0.2, 0.25) is 0 Å². The van der Waals surface area contributed by atoms with Gasteiger partial charge in [0.1, 0.15) is 17.4 Å². The van der Waals surface area contributed by atoms with Gasteiger partial charge in [0, 0.05) is 5.92 Å². The first-order chi connectivity index (χ1) is 8.04. The molecule has 0 aliphatic heterocycles. The van der Waals surface area contributed by atoms with Crippen LogP contribution in [0.3, 0.4) is 0 Å². The topological polar surface area (TPSA) is 52.5 Å². The third-order valence-electron chi connectivity index (χ3n) is 2.99. The minimum Gasteiger partial charge on any atom is -0.342 e. The van der Waals surface area contributed by atoms with Crippen LogP contribution in [0, 0.1) is 11.3 Å². The molecule has 0 fully saturated rings. The smallest absolute Gasteiger partial charge is 0.109 e. The molecular weight excluding hydrogens is 210 g/mol. The Morgan fingerprint density at radius 3 is 2.41 bits per heavy atom. The highest BCUT2D eigenvalue weighted by Crippen LogP contribution is 2.27. The van der Waals surface area contributed by atoms with Crippen molar-refractivity contribution in [3.05, 3.63) is 29.1 Å². The van der Waals surface area contributed by atoms with Crippen molar-refractivity contribution >= 4 is 11.0 Å². The number of benzene rings is 1. The first-order valence-electron chi connectivity index (χ1n) is 5.97. The first-order valence-corrected chi connectivity index (χ1v) is 5.97. The van der Waals surface area contributed by atoms with Gasteiger partial charge in [-0.1, -0.05) is 33.8 Å². The Balaban J connectivity index is 2.73. The molecule has 88 valence electrons. The average molecular weight is 227 g/mol. The minimum absolute atomic E-state index is 0.341. The van der Waals surface area contributed by atoms with E-state index in [0.717, 1.165) is 22.4 Å². The van der Waals surface area contributed by atoms with Crippen LogP contribution in [0.25, 0.3) is 11.0 Å². The van der Waals surface area contributed by atoms with E-state index in [1.807, 2.05) is 12.1 Å². The number of aromatic amines is 1. The first kappa shape index (κ1) is 11.7. The van der Waals surface area contributed by atoms with E-state index in [2.05, 4.69) is 43.7 Å². The van der Waals surface area contributed by atoms with Gasteiger partial charge < -0.3 is 4.98 Å². The molecule has 1 heterocycles. The summed E-state index contributed by atoms with van der Waals surface area (Å²) < 4.78 is 0. The van der Waals surface area contributed by atoms with Gasteiger partial charge in [0.25, 0.3) is 0 Å². The van der Waals surface area contributed by atoms with Crippen molar-refractivity contribution in [2.45, 2.75) is 39.5 Å². The lowest BCUT2D eigenvalue weighted by atomic mass is 9.97. The Bertz CT molecular complexity index is 585. The van der Waals surface area contributed by atoms with Crippen molar-refractivity contribution in [1.29, 1.82) is 5.26 Å². The molecule has 0 bridgehead atoms. The van der Waals surface area contributed by atoms with Crippen LogP contribution in [-0.2, 0) is 0 Å². The van der Waals surface area contributed by atoms with E-state index < -0.39 is 0 Å². The summed E-state index contributed by atoms with van der Waals surface area (Å²) in [5.41, 5.74) is 3.54. The van der Waals surface area contributed by atoms with E-state index in [1.54, 1.807) is 0 Å². The minimum atomic E-state index is 0.341. The molecule has 3 heteroatoms. The van der Waals surface area contributed by atoms with Crippen LogP contribution in [0.15, 0.2) is 12.1 Å². The van der Waals surface area contributed by atoms with Crippen molar-refractivity contribution in [2.75, 3.05) is 0 Å². The van der Waals surface area contributed by atoms with Gasteiger partial charge in [-0.2, -0.15) is 5.26 Å². The molecule has 3 nitrogen and oxygen atoms in total. The molecule has 0 atom stereocenters. The molecule has 0 unspecified atom stereocenters. The summed E-state index contributed by atoms with van der Waals surface area (Å²) in [6.45, 7) is 8.37. The number of rotatable bonds is 2. The van der Waals surface area contributed by atoms with Crippen LogP contribution in [-0.4, -0.2) is 9.97 Å². The zero-order valence-corrected chi connectivity index (χ0v) is 10.7. The largest absolute Gasteiger partial charge is 0.342 e. The number of nitrogens with one attached hydrogen (secondary N) is 1. The maximum absolute atomic E-state index is 9.31. The zero-order chi connectivity index (χ0) is 12.6.